The molecule has 94 valence electrons. The fraction of sp³-hybridized carbons (Fsp3) is 0.385. The van der Waals surface area contributed by atoms with E-state index in [2.05, 4.69) is 4.98 Å². The number of nitrogens with zero attached hydrogens (tertiary/aromatic N) is 3. The molecule has 1 fully saturated rings. The summed E-state index contributed by atoms with van der Waals surface area (Å²) in [6, 6.07) is 6.06. The second-order valence-corrected chi connectivity index (χ2v) is 4.75. The van der Waals surface area contributed by atoms with Crippen LogP contribution in [0.15, 0.2) is 22.6 Å². The predicted octanol–water partition coefficient (Wildman–Crippen LogP) is 2.17. The van der Waals surface area contributed by atoms with Gasteiger partial charge in [-0.2, -0.15) is 0 Å². The summed E-state index contributed by atoms with van der Waals surface area (Å²) in [6.45, 7) is 2.54. The molecule has 2 heterocycles. The zero-order valence-electron chi connectivity index (χ0n) is 10.7. The number of urea groups is 1. The van der Waals surface area contributed by atoms with Gasteiger partial charge in [0.25, 0.3) is 0 Å². The van der Waals surface area contributed by atoms with Crippen LogP contribution < -0.4 is 0 Å². The highest BCUT2D eigenvalue weighted by atomic mass is 16.3. The highest BCUT2D eigenvalue weighted by Crippen LogP contribution is 2.29. The first-order valence-corrected chi connectivity index (χ1v) is 5.91. The molecule has 18 heavy (non-hydrogen) atoms. The van der Waals surface area contributed by atoms with Crippen LogP contribution in [0.2, 0.25) is 0 Å². The molecule has 0 radical (unpaired) electrons. The Morgan fingerprint density at radius 2 is 2.17 bits per heavy atom. The van der Waals surface area contributed by atoms with E-state index in [0.29, 0.717) is 12.4 Å². The molecule has 3 rings (SSSR count). The molecule has 2 aromatic rings. The number of carbonyl (C=O) groups excluding carboxylic acids is 1. The van der Waals surface area contributed by atoms with Crippen molar-refractivity contribution in [2.45, 2.75) is 13.0 Å². The Morgan fingerprint density at radius 3 is 2.83 bits per heavy atom. The van der Waals surface area contributed by atoms with Gasteiger partial charge in [-0.05, 0) is 17.7 Å². The minimum absolute atomic E-state index is 0.0523. The number of hydrogen-bond acceptors (Lipinski definition) is 3. The summed E-state index contributed by atoms with van der Waals surface area (Å²) in [6.07, 6.45) is 0. The Labute approximate surface area is 105 Å². The Bertz CT molecular complexity index is 620. The molecular formula is C13H15N3O2. The fourth-order valence-corrected chi connectivity index (χ4v) is 2.46. The molecule has 0 N–H and O–H groups in total. The number of likely N-dealkylation sites (N-methyl/N-ethyl adjacent to an activating group) is 2. The van der Waals surface area contributed by atoms with Gasteiger partial charge in [0.1, 0.15) is 5.52 Å². The third kappa shape index (κ3) is 1.54. The summed E-state index contributed by atoms with van der Waals surface area (Å²) in [4.78, 5) is 19.6. The van der Waals surface area contributed by atoms with E-state index in [0.717, 1.165) is 16.7 Å². The number of oxazole rings is 1. The quantitative estimate of drug-likeness (QED) is 0.773. The van der Waals surface area contributed by atoms with Crippen LogP contribution in [0.3, 0.4) is 0 Å². The Kier molecular flexibility index (Phi) is 2.29. The van der Waals surface area contributed by atoms with Crippen LogP contribution in [0.5, 0.6) is 0 Å². The SMILES string of the molecule is Cc1nc2cc(C3CN(C)C(=O)N3C)ccc2o1. The summed E-state index contributed by atoms with van der Waals surface area (Å²) >= 11 is 0. The maximum absolute atomic E-state index is 11.8. The zero-order valence-corrected chi connectivity index (χ0v) is 10.7. The highest BCUT2D eigenvalue weighted by Gasteiger charge is 2.33. The molecule has 1 atom stereocenters. The Hall–Kier alpha value is -2.04. The molecule has 1 aliphatic rings. The smallest absolute Gasteiger partial charge is 0.320 e. The number of benzene rings is 1. The van der Waals surface area contributed by atoms with Crippen LogP contribution in [0.25, 0.3) is 11.1 Å². The molecule has 0 bridgehead atoms. The van der Waals surface area contributed by atoms with E-state index in [1.54, 1.807) is 9.80 Å². The average Bonchev–Trinajstić information content (AvgIpc) is 2.82. The van der Waals surface area contributed by atoms with Gasteiger partial charge in [0.2, 0.25) is 0 Å². The van der Waals surface area contributed by atoms with Gasteiger partial charge in [0.05, 0.1) is 6.04 Å². The topological polar surface area (TPSA) is 49.6 Å². The van der Waals surface area contributed by atoms with E-state index in [4.69, 9.17) is 4.42 Å². The summed E-state index contributed by atoms with van der Waals surface area (Å²) in [7, 11) is 3.65. The maximum atomic E-state index is 11.8. The first-order chi connectivity index (χ1) is 8.56. The van der Waals surface area contributed by atoms with E-state index in [-0.39, 0.29) is 12.1 Å². The molecule has 0 saturated carbocycles. The van der Waals surface area contributed by atoms with Crippen molar-refractivity contribution in [2.24, 2.45) is 0 Å². The third-order valence-corrected chi connectivity index (χ3v) is 3.45. The zero-order chi connectivity index (χ0) is 12.9. The number of aromatic nitrogens is 1. The van der Waals surface area contributed by atoms with Crippen molar-refractivity contribution in [1.82, 2.24) is 14.8 Å². The number of amides is 2. The number of rotatable bonds is 1. The molecule has 1 aliphatic heterocycles. The van der Waals surface area contributed by atoms with Crippen LogP contribution >= 0.6 is 0 Å². The molecule has 1 unspecified atom stereocenters. The third-order valence-electron chi connectivity index (χ3n) is 3.45. The summed E-state index contributed by atoms with van der Waals surface area (Å²) in [5, 5.41) is 0. The second kappa shape index (κ2) is 3.73. The number of hydrogen-bond donors (Lipinski definition) is 0. The van der Waals surface area contributed by atoms with Gasteiger partial charge in [-0.3, -0.25) is 0 Å². The lowest BCUT2D eigenvalue weighted by Gasteiger charge is -2.17. The highest BCUT2D eigenvalue weighted by molar-refractivity contribution is 5.78. The van der Waals surface area contributed by atoms with Crippen molar-refractivity contribution < 1.29 is 9.21 Å². The van der Waals surface area contributed by atoms with Crippen LogP contribution in [0.1, 0.15) is 17.5 Å². The van der Waals surface area contributed by atoms with Crippen LogP contribution in [-0.2, 0) is 0 Å². The number of carbonyl (C=O) groups is 1. The lowest BCUT2D eigenvalue weighted by molar-refractivity contribution is 0.201. The summed E-state index contributed by atoms with van der Waals surface area (Å²) in [5.74, 6) is 0.662. The molecule has 5 nitrogen and oxygen atoms in total. The van der Waals surface area contributed by atoms with Gasteiger partial charge >= 0.3 is 6.03 Å². The maximum Gasteiger partial charge on any atom is 0.320 e. The molecule has 1 saturated heterocycles. The first kappa shape index (κ1) is 11.1. The Morgan fingerprint density at radius 1 is 1.39 bits per heavy atom. The molecule has 1 aromatic carbocycles. The van der Waals surface area contributed by atoms with E-state index in [9.17, 15) is 4.79 Å². The van der Waals surface area contributed by atoms with Crippen LogP contribution in [0.4, 0.5) is 4.79 Å². The van der Waals surface area contributed by atoms with Gasteiger partial charge in [0.15, 0.2) is 11.5 Å². The van der Waals surface area contributed by atoms with Gasteiger partial charge in [-0.25, -0.2) is 9.78 Å². The lowest BCUT2D eigenvalue weighted by Crippen LogP contribution is -2.26. The van der Waals surface area contributed by atoms with Crippen molar-refractivity contribution in [1.29, 1.82) is 0 Å². The minimum atomic E-state index is 0.0523. The molecular weight excluding hydrogens is 230 g/mol. The van der Waals surface area contributed by atoms with Crippen molar-refractivity contribution >= 4 is 17.1 Å². The van der Waals surface area contributed by atoms with Crippen LogP contribution in [0, 0.1) is 6.92 Å². The monoisotopic (exact) mass is 245 g/mol. The molecule has 5 heteroatoms. The van der Waals surface area contributed by atoms with Gasteiger partial charge in [0, 0.05) is 27.6 Å². The first-order valence-electron chi connectivity index (χ1n) is 5.91. The van der Waals surface area contributed by atoms with E-state index < -0.39 is 0 Å². The Balaban J connectivity index is 2.02. The van der Waals surface area contributed by atoms with Gasteiger partial charge < -0.3 is 14.2 Å². The minimum Gasteiger partial charge on any atom is -0.441 e. The number of aryl methyl sites for hydroxylation is 1. The van der Waals surface area contributed by atoms with Crippen molar-refractivity contribution in [2.75, 3.05) is 20.6 Å². The van der Waals surface area contributed by atoms with Crippen molar-refractivity contribution in [3.8, 4) is 0 Å². The standard InChI is InChI=1S/C13H15N3O2/c1-8-14-10-6-9(4-5-12(10)18-8)11-7-15(2)13(17)16(11)3/h4-6,11H,7H2,1-3H3. The van der Waals surface area contributed by atoms with Crippen molar-refractivity contribution in [3.05, 3.63) is 29.7 Å². The van der Waals surface area contributed by atoms with E-state index in [1.807, 2.05) is 39.2 Å². The molecule has 0 spiro atoms. The molecule has 0 aliphatic carbocycles. The van der Waals surface area contributed by atoms with E-state index >= 15 is 0 Å². The molecule has 2 amide bonds. The number of fused-ring (bicyclic) bond motifs is 1. The molecule has 1 aromatic heterocycles. The fourth-order valence-electron chi connectivity index (χ4n) is 2.46. The van der Waals surface area contributed by atoms with E-state index in [1.165, 1.54) is 0 Å². The average molecular weight is 245 g/mol. The largest absolute Gasteiger partial charge is 0.441 e. The summed E-state index contributed by atoms with van der Waals surface area (Å²) in [5.41, 5.74) is 2.73. The normalized spacial score (nSPS) is 20.2. The lowest BCUT2D eigenvalue weighted by atomic mass is 10.1. The predicted molar refractivity (Wildman–Crippen MR) is 67.3 cm³/mol. The summed E-state index contributed by atoms with van der Waals surface area (Å²) < 4.78 is 5.45. The second-order valence-electron chi connectivity index (χ2n) is 4.75. The van der Waals surface area contributed by atoms with Gasteiger partial charge in [-0.1, -0.05) is 6.07 Å². The van der Waals surface area contributed by atoms with Crippen LogP contribution in [-0.4, -0.2) is 41.5 Å². The van der Waals surface area contributed by atoms with Crippen molar-refractivity contribution in [3.63, 3.8) is 0 Å². The van der Waals surface area contributed by atoms with Gasteiger partial charge in [-0.15, -0.1) is 0 Å².